The molecule has 0 fully saturated rings. The van der Waals surface area contributed by atoms with Crippen LogP contribution >= 0.6 is 0 Å². The predicted octanol–water partition coefficient (Wildman–Crippen LogP) is 4.39. The lowest BCUT2D eigenvalue weighted by atomic mass is 9.99. The van der Waals surface area contributed by atoms with Crippen molar-refractivity contribution in [2.45, 2.75) is 64.7 Å². The van der Waals surface area contributed by atoms with Crippen molar-refractivity contribution in [1.29, 1.82) is 0 Å². The number of benzene rings is 1. The lowest BCUT2D eigenvalue weighted by molar-refractivity contribution is -0.386. The van der Waals surface area contributed by atoms with Crippen molar-refractivity contribution in [3.63, 3.8) is 0 Å². The van der Waals surface area contributed by atoms with Crippen LogP contribution in [0.4, 0.5) is 5.69 Å². The van der Waals surface area contributed by atoms with Crippen LogP contribution in [0, 0.1) is 10.1 Å². The topological polar surface area (TPSA) is 121 Å². The van der Waals surface area contributed by atoms with Crippen LogP contribution < -0.4 is 0 Å². The van der Waals surface area contributed by atoms with Crippen LogP contribution in [-0.4, -0.2) is 26.2 Å². The number of hydrogen-bond acceptors (Lipinski definition) is 5. The largest absolute Gasteiger partial charge is 0.504 e. The van der Waals surface area contributed by atoms with E-state index in [1.54, 1.807) is 0 Å². The minimum Gasteiger partial charge on any atom is -0.504 e. The van der Waals surface area contributed by atoms with E-state index in [1.807, 2.05) is 0 Å². The van der Waals surface area contributed by atoms with E-state index in [9.17, 15) is 25.1 Å². The Balaban J connectivity index is 2.71. The zero-order valence-corrected chi connectivity index (χ0v) is 14.0. The van der Waals surface area contributed by atoms with Gasteiger partial charge in [-0.3, -0.25) is 10.1 Å². The van der Waals surface area contributed by atoms with Gasteiger partial charge in [0.1, 0.15) is 0 Å². The van der Waals surface area contributed by atoms with E-state index in [0.29, 0.717) is 12.8 Å². The van der Waals surface area contributed by atoms with Gasteiger partial charge in [-0.15, -0.1) is 0 Å². The number of unbranched alkanes of at least 4 members (excludes halogenated alkanes) is 7. The Bertz CT molecular complexity index is 585. The van der Waals surface area contributed by atoms with Gasteiger partial charge in [-0.25, -0.2) is 4.79 Å². The highest BCUT2D eigenvalue weighted by Crippen LogP contribution is 2.39. The normalized spacial score (nSPS) is 10.7. The summed E-state index contributed by atoms with van der Waals surface area (Å²) in [6.07, 6.45) is 8.80. The standard InChI is InChI=1S/C17H25NO6/c1-2-3-4-5-6-7-8-9-10-12-11-13(19)16(20)14(17(21)22)15(12)18(23)24/h11,19-20H,2-10H2,1H3,(H,21,22). The van der Waals surface area contributed by atoms with Gasteiger partial charge >= 0.3 is 5.97 Å². The lowest BCUT2D eigenvalue weighted by Crippen LogP contribution is -2.07. The van der Waals surface area contributed by atoms with Crippen LogP contribution in [0.25, 0.3) is 0 Å². The van der Waals surface area contributed by atoms with E-state index in [-0.39, 0.29) is 5.56 Å². The SMILES string of the molecule is CCCCCCCCCCc1cc(O)c(O)c(C(=O)O)c1[N+](=O)[O-]. The third-order valence-corrected chi connectivity index (χ3v) is 4.03. The monoisotopic (exact) mass is 339 g/mol. The van der Waals surface area contributed by atoms with E-state index in [4.69, 9.17) is 5.11 Å². The Morgan fingerprint density at radius 1 is 1.08 bits per heavy atom. The minimum atomic E-state index is -1.63. The number of carboxylic acids is 1. The molecule has 0 unspecified atom stereocenters. The number of carboxylic acid groups (broad SMARTS) is 1. The van der Waals surface area contributed by atoms with Gasteiger partial charge in [0.05, 0.1) is 4.92 Å². The van der Waals surface area contributed by atoms with E-state index in [1.165, 1.54) is 25.7 Å². The predicted molar refractivity (Wildman–Crippen MR) is 89.7 cm³/mol. The van der Waals surface area contributed by atoms with E-state index in [0.717, 1.165) is 25.3 Å². The maximum absolute atomic E-state index is 11.2. The van der Waals surface area contributed by atoms with Crippen molar-refractivity contribution in [2.75, 3.05) is 0 Å². The van der Waals surface area contributed by atoms with Crippen LogP contribution in [0.15, 0.2) is 6.07 Å². The number of carbonyl (C=O) groups is 1. The number of phenols is 2. The first-order valence-corrected chi connectivity index (χ1v) is 8.35. The molecular formula is C17H25NO6. The van der Waals surface area contributed by atoms with Crippen molar-refractivity contribution < 1.29 is 25.0 Å². The van der Waals surface area contributed by atoms with Gasteiger partial charge in [0.2, 0.25) is 0 Å². The third-order valence-electron chi connectivity index (χ3n) is 4.03. The van der Waals surface area contributed by atoms with Gasteiger partial charge in [-0.05, 0) is 18.9 Å². The zero-order chi connectivity index (χ0) is 18.1. The highest BCUT2D eigenvalue weighted by Gasteiger charge is 2.30. The van der Waals surface area contributed by atoms with Crippen molar-refractivity contribution in [2.24, 2.45) is 0 Å². The molecule has 0 heterocycles. The van der Waals surface area contributed by atoms with Gasteiger partial charge in [-0.1, -0.05) is 51.9 Å². The minimum absolute atomic E-state index is 0.138. The number of aromatic hydroxyl groups is 2. The molecule has 1 aromatic carbocycles. The quantitative estimate of drug-likeness (QED) is 0.238. The summed E-state index contributed by atoms with van der Waals surface area (Å²) in [5.74, 6) is -3.24. The highest BCUT2D eigenvalue weighted by molar-refractivity contribution is 5.97. The molecule has 0 atom stereocenters. The maximum Gasteiger partial charge on any atom is 0.346 e. The summed E-state index contributed by atoms with van der Waals surface area (Å²) in [5.41, 5.74) is -1.35. The van der Waals surface area contributed by atoms with Gasteiger partial charge < -0.3 is 15.3 Å². The number of phenolic OH excluding ortho intramolecular Hbond substituents is 1. The third kappa shape index (κ3) is 5.40. The Morgan fingerprint density at radius 2 is 1.62 bits per heavy atom. The number of nitro groups is 1. The second-order valence-electron chi connectivity index (χ2n) is 5.91. The summed E-state index contributed by atoms with van der Waals surface area (Å²) in [7, 11) is 0. The molecule has 0 bridgehead atoms. The molecule has 0 amide bonds. The Hall–Kier alpha value is -2.31. The molecule has 0 radical (unpaired) electrons. The molecule has 7 heteroatoms. The van der Waals surface area contributed by atoms with Crippen molar-refractivity contribution in [1.82, 2.24) is 0 Å². The molecule has 0 saturated heterocycles. The maximum atomic E-state index is 11.2. The molecule has 7 nitrogen and oxygen atoms in total. The number of aromatic carboxylic acids is 1. The van der Waals surface area contributed by atoms with Crippen LogP contribution in [-0.2, 0) is 6.42 Å². The Labute approximate surface area is 141 Å². The summed E-state index contributed by atoms with van der Waals surface area (Å²) in [6.45, 7) is 2.16. The van der Waals surface area contributed by atoms with Crippen molar-refractivity contribution in [3.05, 3.63) is 27.3 Å². The fourth-order valence-electron chi connectivity index (χ4n) is 2.75. The molecule has 0 aliphatic carbocycles. The van der Waals surface area contributed by atoms with Crippen LogP contribution in [0.5, 0.6) is 11.5 Å². The second kappa shape index (κ2) is 9.75. The van der Waals surface area contributed by atoms with Gasteiger partial charge in [0.15, 0.2) is 17.1 Å². The zero-order valence-electron chi connectivity index (χ0n) is 14.0. The average Bonchev–Trinajstić information content (AvgIpc) is 2.51. The molecule has 134 valence electrons. The molecule has 3 N–H and O–H groups in total. The first-order valence-electron chi connectivity index (χ1n) is 8.35. The molecule has 1 aromatic rings. The summed E-state index contributed by atoms with van der Waals surface area (Å²) < 4.78 is 0. The number of nitro benzene ring substituents is 1. The van der Waals surface area contributed by atoms with E-state index < -0.39 is 33.6 Å². The van der Waals surface area contributed by atoms with E-state index in [2.05, 4.69) is 6.92 Å². The number of rotatable bonds is 11. The highest BCUT2D eigenvalue weighted by atomic mass is 16.6. The Morgan fingerprint density at radius 3 is 2.12 bits per heavy atom. The molecule has 24 heavy (non-hydrogen) atoms. The van der Waals surface area contributed by atoms with Crippen LogP contribution in [0.1, 0.15) is 74.2 Å². The summed E-state index contributed by atoms with van der Waals surface area (Å²) in [6, 6.07) is 1.08. The van der Waals surface area contributed by atoms with Crippen LogP contribution in [0.2, 0.25) is 0 Å². The summed E-state index contributed by atoms with van der Waals surface area (Å²) in [4.78, 5) is 21.6. The number of nitrogens with zero attached hydrogens (tertiary/aromatic N) is 1. The second-order valence-corrected chi connectivity index (χ2v) is 5.91. The number of hydrogen-bond donors (Lipinski definition) is 3. The smallest absolute Gasteiger partial charge is 0.346 e. The van der Waals surface area contributed by atoms with Gasteiger partial charge in [0, 0.05) is 5.56 Å². The van der Waals surface area contributed by atoms with Gasteiger partial charge in [-0.2, -0.15) is 0 Å². The van der Waals surface area contributed by atoms with Gasteiger partial charge in [0.25, 0.3) is 5.69 Å². The lowest BCUT2D eigenvalue weighted by Gasteiger charge is -2.09. The van der Waals surface area contributed by atoms with Crippen molar-refractivity contribution >= 4 is 11.7 Å². The average molecular weight is 339 g/mol. The molecule has 0 aliphatic heterocycles. The molecule has 0 aromatic heterocycles. The first kappa shape index (κ1) is 19.7. The molecule has 0 spiro atoms. The first-order chi connectivity index (χ1) is 11.4. The van der Waals surface area contributed by atoms with E-state index >= 15 is 0 Å². The molecular weight excluding hydrogens is 314 g/mol. The fraction of sp³-hybridized carbons (Fsp3) is 0.588. The molecule has 1 rings (SSSR count). The van der Waals surface area contributed by atoms with Crippen LogP contribution in [0.3, 0.4) is 0 Å². The summed E-state index contributed by atoms with van der Waals surface area (Å²) >= 11 is 0. The Kier molecular flexibility index (Phi) is 8.01. The number of aryl methyl sites for hydroxylation is 1. The molecule has 0 saturated carbocycles. The fourth-order valence-corrected chi connectivity index (χ4v) is 2.75. The summed E-state index contributed by atoms with van der Waals surface area (Å²) in [5, 5.41) is 39.5. The molecule has 0 aliphatic rings. The van der Waals surface area contributed by atoms with Crippen molar-refractivity contribution in [3.8, 4) is 11.5 Å².